The lowest BCUT2D eigenvalue weighted by Crippen LogP contribution is -2.35. The van der Waals surface area contributed by atoms with E-state index >= 15 is 0 Å². The van der Waals surface area contributed by atoms with Crippen molar-refractivity contribution >= 4 is 17.5 Å². The van der Waals surface area contributed by atoms with Crippen LogP contribution in [0.4, 0.5) is 5.69 Å². The maximum atomic E-state index is 11.4. The summed E-state index contributed by atoms with van der Waals surface area (Å²) >= 11 is 0. The van der Waals surface area contributed by atoms with Gasteiger partial charge in [0.25, 0.3) is 0 Å². The van der Waals surface area contributed by atoms with E-state index in [2.05, 4.69) is 10.6 Å². The molecular formula is C12H16N2O3. The van der Waals surface area contributed by atoms with E-state index < -0.39 is 11.8 Å². The molecule has 5 nitrogen and oxygen atoms in total. The summed E-state index contributed by atoms with van der Waals surface area (Å²) in [6.07, 6.45) is 0.793. The van der Waals surface area contributed by atoms with Crippen LogP contribution < -0.4 is 15.4 Å². The van der Waals surface area contributed by atoms with E-state index in [0.717, 1.165) is 6.42 Å². The smallest absolute Gasteiger partial charge is 0.313 e. The van der Waals surface area contributed by atoms with Crippen molar-refractivity contribution in [2.24, 2.45) is 0 Å². The number of amides is 2. The average molecular weight is 236 g/mol. The van der Waals surface area contributed by atoms with Gasteiger partial charge in [0, 0.05) is 12.2 Å². The van der Waals surface area contributed by atoms with Gasteiger partial charge in [0.05, 0.1) is 7.11 Å². The van der Waals surface area contributed by atoms with E-state index in [-0.39, 0.29) is 0 Å². The summed E-state index contributed by atoms with van der Waals surface area (Å²) in [5.74, 6) is -0.593. The third-order valence-corrected chi connectivity index (χ3v) is 2.09. The molecule has 5 heteroatoms. The maximum Gasteiger partial charge on any atom is 0.313 e. The van der Waals surface area contributed by atoms with Gasteiger partial charge in [-0.3, -0.25) is 9.59 Å². The van der Waals surface area contributed by atoms with E-state index in [1.165, 1.54) is 0 Å². The third kappa shape index (κ3) is 4.14. The van der Waals surface area contributed by atoms with Crippen LogP contribution in [0.5, 0.6) is 5.75 Å². The van der Waals surface area contributed by atoms with Crippen molar-refractivity contribution < 1.29 is 14.3 Å². The highest BCUT2D eigenvalue weighted by Gasteiger charge is 2.12. The maximum absolute atomic E-state index is 11.4. The molecule has 0 fully saturated rings. The lowest BCUT2D eigenvalue weighted by Gasteiger charge is -2.06. The topological polar surface area (TPSA) is 67.4 Å². The number of ether oxygens (including phenoxy) is 1. The lowest BCUT2D eigenvalue weighted by atomic mass is 10.3. The van der Waals surface area contributed by atoms with E-state index in [1.807, 2.05) is 6.92 Å². The molecule has 0 heterocycles. The van der Waals surface area contributed by atoms with Crippen LogP contribution in [0.2, 0.25) is 0 Å². The SMILES string of the molecule is CCCNC(=O)C(=O)Nc1ccc(OC)cc1. The van der Waals surface area contributed by atoms with Gasteiger partial charge in [-0.1, -0.05) is 6.92 Å². The molecule has 92 valence electrons. The molecule has 1 rings (SSSR count). The first kappa shape index (κ1) is 13.0. The molecule has 0 bridgehead atoms. The minimum absolute atomic E-state index is 0.495. The van der Waals surface area contributed by atoms with Gasteiger partial charge in [-0.05, 0) is 30.7 Å². The Labute approximate surface area is 100 Å². The van der Waals surface area contributed by atoms with Crippen molar-refractivity contribution in [1.29, 1.82) is 0 Å². The average Bonchev–Trinajstić information content (AvgIpc) is 2.36. The van der Waals surface area contributed by atoms with E-state index in [9.17, 15) is 9.59 Å². The molecule has 2 amide bonds. The Kier molecular flexibility index (Phi) is 5.00. The molecule has 0 saturated heterocycles. The standard InChI is InChI=1S/C12H16N2O3/c1-3-8-13-11(15)12(16)14-9-4-6-10(17-2)7-5-9/h4-7H,3,8H2,1-2H3,(H,13,15)(H,14,16). The molecule has 0 aliphatic heterocycles. The molecular weight excluding hydrogens is 220 g/mol. The van der Waals surface area contributed by atoms with Crippen molar-refractivity contribution in [3.05, 3.63) is 24.3 Å². The molecule has 0 spiro atoms. The summed E-state index contributed by atoms with van der Waals surface area (Å²) in [5.41, 5.74) is 0.558. The van der Waals surface area contributed by atoms with Crippen molar-refractivity contribution in [1.82, 2.24) is 5.32 Å². The fourth-order valence-electron chi connectivity index (χ4n) is 1.18. The first-order chi connectivity index (χ1) is 8.17. The number of carbonyl (C=O) groups is 2. The normalized spacial score (nSPS) is 9.53. The first-order valence-electron chi connectivity index (χ1n) is 5.40. The van der Waals surface area contributed by atoms with Crippen LogP contribution in [0.1, 0.15) is 13.3 Å². The summed E-state index contributed by atoms with van der Waals surface area (Å²) in [5, 5.41) is 4.99. The monoisotopic (exact) mass is 236 g/mol. The zero-order valence-corrected chi connectivity index (χ0v) is 9.95. The van der Waals surface area contributed by atoms with Crippen molar-refractivity contribution in [2.45, 2.75) is 13.3 Å². The van der Waals surface area contributed by atoms with Gasteiger partial charge in [0.2, 0.25) is 0 Å². The largest absolute Gasteiger partial charge is 0.497 e. The Morgan fingerprint density at radius 1 is 1.18 bits per heavy atom. The fourth-order valence-corrected chi connectivity index (χ4v) is 1.18. The Bertz CT molecular complexity index is 387. The molecule has 0 aromatic heterocycles. The molecule has 2 N–H and O–H groups in total. The zero-order chi connectivity index (χ0) is 12.7. The highest BCUT2D eigenvalue weighted by molar-refractivity contribution is 6.39. The highest BCUT2D eigenvalue weighted by Crippen LogP contribution is 2.14. The number of anilines is 1. The second kappa shape index (κ2) is 6.52. The van der Waals surface area contributed by atoms with Crippen molar-refractivity contribution in [3.63, 3.8) is 0 Å². The van der Waals surface area contributed by atoms with E-state index in [4.69, 9.17) is 4.74 Å². The Morgan fingerprint density at radius 3 is 2.35 bits per heavy atom. The molecule has 0 unspecified atom stereocenters. The quantitative estimate of drug-likeness (QED) is 0.771. The second-order valence-electron chi connectivity index (χ2n) is 3.44. The number of carbonyl (C=O) groups excluding carboxylic acids is 2. The molecule has 0 radical (unpaired) electrons. The molecule has 1 aromatic rings. The van der Waals surface area contributed by atoms with Gasteiger partial charge in [0.1, 0.15) is 5.75 Å². The van der Waals surface area contributed by atoms with Gasteiger partial charge in [-0.2, -0.15) is 0 Å². The highest BCUT2D eigenvalue weighted by atomic mass is 16.5. The van der Waals surface area contributed by atoms with Crippen LogP contribution in [0.3, 0.4) is 0 Å². The Balaban J connectivity index is 2.52. The van der Waals surface area contributed by atoms with Crippen LogP contribution in [0.15, 0.2) is 24.3 Å². The van der Waals surface area contributed by atoms with Crippen molar-refractivity contribution in [3.8, 4) is 5.75 Å². The van der Waals surface area contributed by atoms with Gasteiger partial charge >= 0.3 is 11.8 Å². The molecule has 0 aliphatic carbocycles. The number of hydrogen-bond donors (Lipinski definition) is 2. The van der Waals surface area contributed by atoms with Crippen LogP contribution in [0.25, 0.3) is 0 Å². The van der Waals surface area contributed by atoms with Gasteiger partial charge < -0.3 is 15.4 Å². The second-order valence-corrected chi connectivity index (χ2v) is 3.44. The minimum Gasteiger partial charge on any atom is -0.497 e. The van der Waals surface area contributed by atoms with Crippen LogP contribution in [-0.4, -0.2) is 25.5 Å². The van der Waals surface area contributed by atoms with E-state index in [0.29, 0.717) is 18.0 Å². The minimum atomic E-state index is -0.663. The summed E-state index contributed by atoms with van der Waals surface area (Å²) < 4.78 is 4.98. The number of hydrogen-bond acceptors (Lipinski definition) is 3. The number of nitrogens with one attached hydrogen (secondary N) is 2. The zero-order valence-electron chi connectivity index (χ0n) is 9.95. The van der Waals surface area contributed by atoms with E-state index in [1.54, 1.807) is 31.4 Å². The summed E-state index contributed by atoms with van der Waals surface area (Å²) in [7, 11) is 1.56. The fraction of sp³-hybridized carbons (Fsp3) is 0.333. The molecule has 0 saturated carbocycles. The van der Waals surface area contributed by atoms with Crippen LogP contribution >= 0.6 is 0 Å². The molecule has 17 heavy (non-hydrogen) atoms. The molecule has 1 aromatic carbocycles. The van der Waals surface area contributed by atoms with Crippen molar-refractivity contribution in [2.75, 3.05) is 19.0 Å². The summed E-state index contributed by atoms with van der Waals surface area (Å²) in [6.45, 7) is 2.41. The number of rotatable bonds is 4. The number of benzene rings is 1. The number of methoxy groups -OCH3 is 1. The third-order valence-electron chi connectivity index (χ3n) is 2.09. The predicted molar refractivity (Wildman–Crippen MR) is 64.9 cm³/mol. The predicted octanol–water partition coefficient (Wildman–Crippen LogP) is 1.16. The van der Waals surface area contributed by atoms with Crippen LogP contribution in [-0.2, 0) is 9.59 Å². The Hall–Kier alpha value is -2.04. The lowest BCUT2D eigenvalue weighted by molar-refractivity contribution is -0.136. The summed E-state index contributed by atoms with van der Waals surface area (Å²) in [4.78, 5) is 22.7. The molecule has 0 aliphatic rings. The van der Waals surface area contributed by atoms with Gasteiger partial charge in [0.15, 0.2) is 0 Å². The Morgan fingerprint density at radius 2 is 1.82 bits per heavy atom. The van der Waals surface area contributed by atoms with Gasteiger partial charge in [-0.25, -0.2) is 0 Å². The van der Waals surface area contributed by atoms with Crippen LogP contribution in [0, 0.1) is 0 Å². The molecule has 0 atom stereocenters. The van der Waals surface area contributed by atoms with Gasteiger partial charge in [-0.15, -0.1) is 0 Å². The first-order valence-corrected chi connectivity index (χ1v) is 5.40. The summed E-state index contributed by atoms with van der Waals surface area (Å²) in [6, 6.07) is 6.76.